The maximum absolute atomic E-state index is 12.9. The van der Waals surface area contributed by atoms with Crippen LogP contribution in [0.5, 0.6) is 0 Å². The van der Waals surface area contributed by atoms with Crippen molar-refractivity contribution in [3.05, 3.63) is 23.8 Å². The molecule has 118 valence electrons. The summed E-state index contributed by atoms with van der Waals surface area (Å²) in [7, 11) is -3.46. The fraction of sp³-hybridized carbons (Fsp3) is 0.533. The number of carbonyl (C=O) groups excluding carboxylic acids is 1. The van der Waals surface area contributed by atoms with Gasteiger partial charge in [-0.05, 0) is 49.1 Å². The van der Waals surface area contributed by atoms with Crippen LogP contribution in [0.2, 0.25) is 0 Å². The van der Waals surface area contributed by atoms with Gasteiger partial charge in [0.15, 0.2) is 0 Å². The van der Waals surface area contributed by atoms with Crippen LogP contribution in [0.25, 0.3) is 0 Å². The number of nitrogens with zero attached hydrogens (tertiary/aromatic N) is 1. The predicted octanol–water partition coefficient (Wildman–Crippen LogP) is 0.554. The van der Waals surface area contributed by atoms with Gasteiger partial charge in [0.05, 0.1) is 4.90 Å². The molecule has 4 rings (SSSR count). The number of hydrogen-bond acceptors (Lipinski definition) is 4. The van der Waals surface area contributed by atoms with E-state index in [4.69, 9.17) is 0 Å². The van der Waals surface area contributed by atoms with Crippen molar-refractivity contribution >= 4 is 21.6 Å². The molecule has 3 heterocycles. The standard InChI is InChI=1S/C15H19N3O3S/c19-15-4-1-10-7-12(2-3-13(10)17-15)22(20,21)18-6-5-11-8-16-9-14(11)18/h2-3,7,11,14,16H,1,4-6,8-9H2,(H,17,19)/t11-,14+/m1/s1. The summed E-state index contributed by atoms with van der Waals surface area (Å²) >= 11 is 0. The van der Waals surface area contributed by atoms with Gasteiger partial charge in [-0.2, -0.15) is 4.31 Å². The van der Waals surface area contributed by atoms with Crippen LogP contribution >= 0.6 is 0 Å². The van der Waals surface area contributed by atoms with E-state index in [9.17, 15) is 13.2 Å². The second-order valence-corrected chi connectivity index (χ2v) is 8.15. The van der Waals surface area contributed by atoms with Crippen LogP contribution in [0.3, 0.4) is 0 Å². The summed E-state index contributed by atoms with van der Waals surface area (Å²) in [5.74, 6) is 0.425. The van der Waals surface area contributed by atoms with Crippen LogP contribution in [0.4, 0.5) is 5.69 Å². The van der Waals surface area contributed by atoms with Gasteiger partial charge in [0, 0.05) is 31.2 Å². The van der Waals surface area contributed by atoms with Crippen molar-refractivity contribution in [3.8, 4) is 0 Å². The molecule has 0 saturated carbocycles. The second kappa shape index (κ2) is 5.04. The molecule has 0 radical (unpaired) electrons. The fourth-order valence-corrected chi connectivity index (χ4v) is 5.51. The normalized spacial score (nSPS) is 28.3. The minimum atomic E-state index is -3.46. The molecule has 0 spiro atoms. The van der Waals surface area contributed by atoms with E-state index in [-0.39, 0.29) is 11.9 Å². The van der Waals surface area contributed by atoms with E-state index in [0.29, 0.717) is 30.2 Å². The summed E-state index contributed by atoms with van der Waals surface area (Å²) in [6.07, 6.45) is 1.94. The SMILES string of the molecule is O=C1CCc2cc(S(=O)(=O)N3CC[C@@H]4CNC[C@@H]43)ccc2N1. The molecule has 7 heteroatoms. The number of amides is 1. The van der Waals surface area contributed by atoms with Gasteiger partial charge in [-0.1, -0.05) is 0 Å². The maximum atomic E-state index is 12.9. The van der Waals surface area contributed by atoms with Crippen molar-refractivity contribution in [2.45, 2.75) is 30.2 Å². The lowest BCUT2D eigenvalue weighted by molar-refractivity contribution is -0.116. The number of hydrogen-bond donors (Lipinski definition) is 2. The van der Waals surface area contributed by atoms with Crippen molar-refractivity contribution in [1.82, 2.24) is 9.62 Å². The number of benzene rings is 1. The number of nitrogens with one attached hydrogen (secondary N) is 2. The zero-order chi connectivity index (χ0) is 15.3. The van der Waals surface area contributed by atoms with Crippen LogP contribution in [-0.2, 0) is 21.2 Å². The Kier molecular flexibility index (Phi) is 3.25. The first-order valence-corrected chi connectivity index (χ1v) is 9.15. The van der Waals surface area contributed by atoms with Crippen LogP contribution in [-0.4, -0.2) is 44.3 Å². The summed E-state index contributed by atoms with van der Waals surface area (Å²) < 4.78 is 27.5. The van der Waals surface area contributed by atoms with Gasteiger partial charge in [0.1, 0.15) is 0 Å². The molecule has 2 atom stereocenters. The van der Waals surface area contributed by atoms with Crippen molar-refractivity contribution in [1.29, 1.82) is 0 Å². The van der Waals surface area contributed by atoms with E-state index in [1.165, 1.54) is 0 Å². The largest absolute Gasteiger partial charge is 0.326 e. The molecule has 0 aliphatic carbocycles. The van der Waals surface area contributed by atoms with Crippen LogP contribution < -0.4 is 10.6 Å². The molecular weight excluding hydrogens is 302 g/mol. The Balaban J connectivity index is 1.67. The highest BCUT2D eigenvalue weighted by molar-refractivity contribution is 7.89. The Morgan fingerprint density at radius 2 is 2.05 bits per heavy atom. The van der Waals surface area contributed by atoms with E-state index in [1.54, 1.807) is 22.5 Å². The van der Waals surface area contributed by atoms with E-state index < -0.39 is 10.0 Å². The van der Waals surface area contributed by atoms with Gasteiger partial charge < -0.3 is 10.6 Å². The number of aryl methyl sites for hydroxylation is 1. The predicted molar refractivity (Wildman–Crippen MR) is 82.0 cm³/mol. The number of anilines is 1. The van der Waals surface area contributed by atoms with Crippen molar-refractivity contribution in [2.24, 2.45) is 5.92 Å². The Bertz CT molecular complexity index is 732. The lowest BCUT2D eigenvalue weighted by Crippen LogP contribution is -2.39. The van der Waals surface area contributed by atoms with Gasteiger partial charge in [-0.15, -0.1) is 0 Å². The highest BCUT2D eigenvalue weighted by atomic mass is 32.2. The number of sulfonamides is 1. The van der Waals surface area contributed by atoms with Crippen molar-refractivity contribution in [3.63, 3.8) is 0 Å². The topological polar surface area (TPSA) is 78.5 Å². The molecule has 1 aromatic carbocycles. The quantitative estimate of drug-likeness (QED) is 0.834. The first-order chi connectivity index (χ1) is 10.6. The molecule has 3 aliphatic rings. The third-order valence-corrected chi connectivity index (χ3v) is 6.89. The molecule has 1 amide bonds. The molecule has 1 aromatic rings. The molecule has 6 nitrogen and oxygen atoms in total. The van der Waals surface area contributed by atoms with Crippen molar-refractivity contribution in [2.75, 3.05) is 25.0 Å². The third-order valence-electron chi connectivity index (χ3n) is 4.97. The van der Waals surface area contributed by atoms with E-state index in [0.717, 1.165) is 30.8 Å². The highest BCUT2D eigenvalue weighted by Crippen LogP contribution is 2.34. The lowest BCUT2D eigenvalue weighted by atomic mass is 10.0. The monoisotopic (exact) mass is 321 g/mol. The smallest absolute Gasteiger partial charge is 0.243 e. The first kappa shape index (κ1) is 14.2. The van der Waals surface area contributed by atoms with Gasteiger partial charge in [-0.3, -0.25) is 4.79 Å². The van der Waals surface area contributed by atoms with Gasteiger partial charge in [0.2, 0.25) is 15.9 Å². The van der Waals surface area contributed by atoms with Gasteiger partial charge >= 0.3 is 0 Å². The van der Waals surface area contributed by atoms with Crippen LogP contribution in [0.1, 0.15) is 18.4 Å². The Morgan fingerprint density at radius 3 is 2.91 bits per heavy atom. The van der Waals surface area contributed by atoms with E-state index in [2.05, 4.69) is 10.6 Å². The summed E-state index contributed by atoms with van der Waals surface area (Å²) in [5, 5.41) is 6.07. The molecular formula is C15H19N3O3S. The minimum Gasteiger partial charge on any atom is -0.326 e. The highest BCUT2D eigenvalue weighted by Gasteiger charge is 2.43. The summed E-state index contributed by atoms with van der Waals surface area (Å²) in [5.41, 5.74) is 1.64. The van der Waals surface area contributed by atoms with Crippen LogP contribution in [0.15, 0.2) is 23.1 Å². The van der Waals surface area contributed by atoms with Gasteiger partial charge in [0.25, 0.3) is 0 Å². The average molecular weight is 321 g/mol. The first-order valence-electron chi connectivity index (χ1n) is 7.71. The molecule has 2 N–H and O–H groups in total. The van der Waals surface area contributed by atoms with Crippen LogP contribution in [0, 0.1) is 5.92 Å². The Hall–Kier alpha value is -1.44. The summed E-state index contributed by atoms with van der Waals surface area (Å²) in [6, 6.07) is 5.12. The summed E-state index contributed by atoms with van der Waals surface area (Å²) in [6.45, 7) is 2.25. The number of carbonyl (C=O) groups is 1. The molecule has 0 bridgehead atoms. The van der Waals surface area contributed by atoms with E-state index in [1.807, 2.05) is 0 Å². The maximum Gasteiger partial charge on any atom is 0.243 e. The average Bonchev–Trinajstić information content (AvgIpc) is 3.09. The van der Waals surface area contributed by atoms with Gasteiger partial charge in [-0.25, -0.2) is 8.42 Å². The molecule has 2 saturated heterocycles. The molecule has 3 aliphatic heterocycles. The van der Waals surface area contributed by atoms with Crippen molar-refractivity contribution < 1.29 is 13.2 Å². The zero-order valence-corrected chi connectivity index (χ0v) is 13.0. The Morgan fingerprint density at radius 1 is 1.18 bits per heavy atom. The third kappa shape index (κ3) is 2.15. The summed E-state index contributed by atoms with van der Waals surface area (Å²) in [4.78, 5) is 11.7. The zero-order valence-electron chi connectivity index (χ0n) is 12.2. The van der Waals surface area contributed by atoms with E-state index >= 15 is 0 Å². The number of rotatable bonds is 2. The molecule has 2 fully saturated rings. The molecule has 22 heavy (non-hydrogen) atoms. The molecule has 0 unspecified atom stereocenters. The minimum absolute atomic E-state index is 0.0116. The second-order valence-electron chi connectivity index (χ2n) is 6.26. The number of fused-ring (bicyclic) bond motifs is 2. The Labute approximate surface area is 129 Å². The molecule has 0 aromatic heterocycles. The lowest BCUT2D eigenvalue weighted by Gasteiger charge is -2.24. The fourth-order valence-electron chi connectivity index (χ4n) is 3.76.